The number of aryl methyl sites for hydroxylation is 1. The fourth-order valence-corrected chi connectivity index (χ4v) is 3.59. The number of nitrogens with two attached hydrogens (primary N) is 1. The van der Waals surface area contributed by atoms with Crippen LogP contribution in [0.4, 0.5) is 10.2 Å². The van der Waals surface area contributed by atoms with E-state index in [1.807, 2.05) is 25.1 Å². The molecule has 1 aliphatic rings. The number of nitrogens with zero attached hydrogens (tertiary/aromatic N) is 2. The van der Waals surface area contributed by atoms with Crippen molar-refractivity contribution >= 4 is 5.82 Å². The number of fused-ring (bicyclic) bond motifs is 3. The van der Waals surface area contributed by atoms with Gasteiger partial charge in [0.05, 0.1) is 5.56 Å². The smallest absolute Gasteiger partial charge is 0.193 e. The minimum absolute atomic E-state index is 0.143. The first-order chi connectivity index (χ1) is 13.1. The van der Waals surface area contributed by atoms with Gasteiger partial charge in [-0.15, -0.1) is 0 Å². The Bertz CT molecular complexity index is 1100. The van der Waals surface area contributed by atoms with Crippen LogP contribution >= 0.6 is 0 Å². The van der Waals surface area contributed by atoms with Gasteiger partial charge in [-0.05, 0) is 36.8 Å². The Kier molecular flexibility index (Phi) is 3.30. The first-order valence-electron chi connectivity index (χ1n) is 8.46. The van der Waals surface area contributed by atoms with Gasteiger partial charge in [-0.2, -0.15) is 5.10 Å². The van der Waals surface area contributed by atoms with Crippen LogP contribution in [0, 0.1) is 12.7 Å². The fraction of sp³-hybridized carbons (Fsp3) is 0.100. The highest BCUT2D eigenvalue weighted by atomic mass is 19.1. The van der Waals surface area contributed by atoms with E-state index in [0.29, 0.717) is 23.0 Å². The molecular formula is C20H15FN4O2. The monoisotopic (exact) mass is 362 g/mol. The van der Waals surface area contributed by atoms with Crippen LogP contribution < -0.4 is 10.5 Å². The van der Waals surface area contributed by atoms with E-state index < -0.39 is 5.82 Å². The second kappa shape index (κ2) is 5.70. The molecule has 0 saturated carbocycles. The molecule has 7 heteroatoms. The van der Waals surface area contributed by atoms with Crippen LogP contribution in [0.3, 0.4) is 0 Å². The number of aromatic amines is 1. The number of halogens is 1. The lowest BCUT2D eigenvalue weighted by atomic mass is 9.89. The summed E-state index contributed by atoms with van der Waals surface area (Å²) < 4.78 is 25.5. The number of hydrogen-bond acceptors (Lipinski definition) is 5. The Morgan fingerprint density at radius 2 is 1.96 bits per heavy atom. The first-order valence-corrected chi connectivity index (χ1v) is 8.46. The number of ether oxygens (including phenoxy) is 1. The van der Waals surface area contributed by atoms with Gasteiger partial charge in [0.1, 0.15) is 11.4 Å². The Morgan fingerprint density at radius 1 is 1.15 bits per heavy atom. The largest absolute Gasteiger partial charge is 0.454 e. The maximum absolute atomic E-state index is 14.4. The van der Waals surface area contributed by atoms with Gasteiger partial charge in [-0.25, -0.2) is 4.39 Å². The minimum atomic E-state index is -0.441. The summed E-state index contributed by atoms with van der Waals surface area (Å²) in [5.74, 6) is 0.867. The summed E-state index contributed by atoms with van der Waals surface area (Å²) >= 11 is 0. The van der Waals surface area contributed by atoms with Crippen LogP contribution in [0.25, 0.3) is 11.5 Å². The minimum Gasteiger partial charge on any atom is -0.454 e. The SMILES string of the molecule is Cc1[nH]nc2c1[C@@H](c1ccc(F)c(Oc3ccccc3)c1)c1c(N)noc1-2. The molecule has 0 saturated heterocycles. The molecule has 2 aromatic heterocycles. The second-order valence-electron chi connectivity index (χ2n) is 6.46. The van der Waals surface area contributed by atoms with Crippen molar-refractivity contribution in [2.75, 3.05) is 5.73 Å². The molecule has 0 bridgehead atoms. The normalized spacial score (nSPS) is 14.8. The summed E-state index contributed by atoms with van der Waals surface area (Å²) in [6, 6.07) is 13.9. The summed E-state index contributed by atoms with van der Waals surface area (Å²) in [7, 11) is 0. The molecule has 1 aliphatic carbocycles. The number of anilines is 1. The summed E-state index contributed by atoms with van der Waals surface area (Å²) in [4.78, 5) is 0. The van der Waals surface area contributed by atoms with E-state index in [4.69, 9.17) is 15.0 Å². The highest BCUT2D eigenvalue weighted by Gasteiger charge is 2.40. The average molecular weight is 362 g/mol. The van der Waals surface area contributed by atoms with Crippen LogP contribution in [-0.2, 0) is 0 Å². The quantitative estimate of drug-likeness (QED) is 0.497. The molecule has 2 aromatic carbocycles. The predicted molar refractivity (Wildman–Crippen MR) is 97.1 cm³/mol. The standard InChI is InChI=1S/C20H15FN4O2/c1-10-15-16(17-19(18(15)24-23-10)27-25-20(17)22)11-7-8-13(21)14(9-11)26-12-5-3-2-4-6-12/h2-9,16H,1H3,(H2,22,25)(H,23,24)/t16-/m1/s1. The topological polar surface area (TPSA) is 90.0 Å². The van der Waals surface area contributed by atoms with Crippen molar-refractivity contribution < 1.29 is 13.7 Å². The van der Waals surface area contributed by atoms with Crippen molar-refractivity contribution in [1.82, 2.24) is 15.4 Å². The molecule has 27 heavy (non-hydrogen) atoms. The van der Waals surface area contributed by atoms with Crippen molar-refractivity contribution in [2.45, 2.75) is 12.8 Å². The molecule has 1 atom stereocenters. The van der Waals surface area contributed by atoms with Crippen molar-refractivity contribution in [3.63, 3.8) is 0 Å². The van der Waals surface area contributed by atoms with E-state index in [0.717, 1.165) is 22.4 Å². The number of para-hydroxylation sites is 1. The lowest BCUT2D eigenvalue weighted by Gasteiger charge is -2.15. The molecule has 3 N–H and O–H groups in total. The Hall–Kier alpha value is -3.61. The third-order valence-electron chi connectivity index (χ3n) is 4.80. The number of benzene rings is 2. The highest BCUT2D eigenvalue weighted by molar-refractivity contribution is 5.78. The molecule has 0 fully saturated rings. The average Bonchev–Trinajstić information content (AvgIpc) is 3.32. The van der Waals surface area contributed by atoms with Gasteiger partial charge in [0.2, 0.25) is 0 Å². The maximum atomic E-state index is 14.4. The van der Waals surface area contributed by atoms with Gasteiger partial charge in [-0.3, -0.25) is 5.10 Å². The van der Waals surface area contributed by atoms with Crippen molar-refractivity contribution in [1.29, 1.82) is 0 Å². The number of H-pyrrole nitrogens is 1. The van der Waals surface area contributed by atoms with Crippen molar-refractivity contribution in [3.8, 4) is 23.0 Å². The molecule has 0 aliphatic heterocycles. The Labute approximate surface area is 153 Å². The van der Waals surface area contributed by atoms with E-state index in [1.54, 1.807) is 24.3 Å². The molecule has 0 spiro atoms. The number of rotatable bonds is 3. The van der Waals surface area contributed by atoms with E-state index in [-0.39, 0.29) is 11.7 Å². The van der Waals surface area contributed by atoms with E-state index >= 15 is 0 Å². The van der Waals surface area contributed by atoms with E-state index in [2.05, 4.69) is 15.4 Å². The number of hydrogen-bond donors (Lipinski definition) is 2. The van der Waals surface area contributed by atoms with Crippen LogP contribution in [0.1, 0.15) is 28.3 Å². The van der Waals surface area contributed by atoms with Crippen LogP contribution in [0.15, 0.2) is 53.1 Å². The number of nitrogen functional groups attached to an aromatic ring is 1. The van der Waals surface area contributed by atoms with Gasteiger partial charge in [-0.1, -0.05) is 29.4 Å². The van der Waals surface area contributed by atoms with Gasteiger partial charge in [0, 0.05) is 17.2 Å². The molecule has 6 nitrogen and oxygen atoms in total. The third-order valence-corrected chi connectivity index (χ3v) is 4.80. The van der Waals surface area contributed by atoms with Gasteiger partial charge in [0.15, 0.2) is 23.1 Å². The van der Waals surface area contributed by atoms with Gasteiger partial charge in [0.25, 0.3) is 0 Å². The molecule has 2 heterocycles. The zero-order valence-corrected chi connectivity index (χ0v) is 14.4. The van der Waals surface area contributed by atoms with Crippen LogP contribution in [0.5, 0.6) is 11.5 Å². The Balaban J connectivity index is 1.64. The highest BCUT2D eigenvalue weighted by Crippen LogP contribution is 2.51. The second-order valence-corrected chi connectivity index (χ2v) is 6.46. The molecule has 0 radical (unpaired) electrons. The van der Waals surface area contributed by atoms with E-state index in [1.165, 1.54) is 6.07 Å². The van der Waals surface area contributed by atoms with Gasteiger partial charge >= 0.3 is 0 Å². The summed E-state index contributed by atoms with van der Waals surface area (Å²) in [6.45, 7) is 1.93. The zero-order valence-electron chi connectivity index (χ0n) is 14.4. The van der Waals surface area contributed by atoms with Crippen molar-refractivity contribution in [3.05, 3.63) is 76.7 Å². The van der Waals surface area contributed by atoms with Crippen LogP contribution in [-0.4, -0.2) is 15.4 Å². The lowest BCUT2D eigenvalue weighted by Crippen LogP contribution is -2.04. The number of aromatic nitrogens is 3. The van der Waals surface area contributed by atoms with Crippen molar-refractivity contribution in [2.24, 2.45) is 0 Å². The molecule has 4 aromatic rings. The van der Waals surface area contributed by atoms with Crippen LogP contribution in [0.2, 0.25) is 0 Å². The molecule has 0 amide bonds. The zero-order chi connectivity index (χ0) is 18.5. The van der Waals surface area contributed by atoms with E-state index in [9.17, 15) is 4.39 Å². The Morgan fingerprint density at radius 3 is 2.78 bits per heavy atom. The third kappa shape index (κ3) is 2.32. The predicted octanol–water partition coefficient (Wildman–Crippen LogP) is 4.38. The molecule has 0 unspecified atom stereocenters. The molecule has 5 rings (SSSR count). The molecule has 134 valence electrons. The molecular weight excluding hydrogens is 347 g/mol. The fourth-order valence-electron chi connectivity index (χ4n) is 3.59. The first kappa shape index (κ1) is 15.6. The maximum Gasteiger partial charge on any atom is 0.193 e. The summed E-state index contributed by atoms with van der Waals surface area (Å²) in [5.41, 5.74) is 10.2. The lowest BCUT2D eigenvalue weighted by molar-refractivity contribution is 0.434. The van der Waals surface area contributed by atoms with Gasteiger partial charge < -0.3 is 15.0 Å². The summed E-state index contributed by atoms with van der Waals surface area (Å²) in [6.07, 6.45) is 0. The number of nitrogens with one attached hydrogen (secondary N) is 1. The summed E-state index contributed by atoms with van der Waals surface area (Å²) in [5, 5.41) is 11.2.